The molecule has 5 nitrogen and oxygen atoms in total. The molecule has 1 unspecified atom stereocenters. The number of aromatic nitrogens is 1. The highest BCUT2D eigenvalue weighted by Gasteiger charge is 2.32. The van der Waals surface area contributed by atoms with Crippen LogP contribution in [0.4, 0.5) is 0 Å². The molecule has 0 bridgehead atoms. The number of hydrogen-bond acceptors (Lipinski definition) is 3. The van der Waals surface area contributed by atoms with Crippen molar-refractivity contribution >= 4 is 34.4 Å². The molecule has 2 heterocycles. The van der Waals surface area contributed by atoms with Crippen molar-refractivity contribution in [1.29, 1.82) is 0 Å². The lowest BCUT2D eigenvalue weighted by atomic mass is 10.1. The molecule has 3 rings (SSSR count). The van der Waals surface area contributed by atoms with E-state index in [0.717, 1.165) is 11.8 Å². The maximum absolute atomic E-state index is 12.8. The number of pyridine rings is 1. The van der Waals surface area contributed by atoms with Crippen LogP contribution in [0, 0.1) is 0 Å². The number of carboxylic acid groups (broad SMARTS) is 1. The average molecular weight is 319 g/mol. The van der Waals surface area contributed by atoms with E-state index in [1.165, 1.54) is 0 Å². The van der Waals surface area contributed by atoms with Gasteiger partial charge in [0.2, 0.25) is 0 Å². The molecule has 2 aromatic rings. The first kappa shape index (κ1) is 14.8. The Hall–Kier alpha value is -2.14. The van der Waals surface area contributed by atoms with Gasteiger partial charge in [0.25, 0.3) is 5.91 Å². The Bertz CT molecular complexity index is 747. The number of likely N-dealkylation sites (tertiary alicyclic amines) is 1. The number of hydrogen-bond donors (Lipinski definition) is 1. The number of rotatable bonds is 3. The fraction of sp³-hybridized carbons (Fsp3) is 0.312. The quantitative estimate of drug-likeness (QED) is 0.944. The van der Waals surface area contributed by atoms with E-state index in [-0.39, 0.29) is 18.4 Å². The highest BCUT2D eigenvalue weighted by atomic mass is 35.5. The van der Waals surface area contributed by atoms with Gasteiger partial charge in [-0.15, -0.1) is 0 Å². The van der Waals surface area contributed by atoms with Crippen LogP contribution >= 0.6 is 11.6 Å². The minimum atomic E-state index is -0.890. The van der Waals surface area contributed by atoms with E-state index in [1.54, 1.807) is 29.3 Å². The van der Waals surface area contributed by atoms with Crippen molar-refractivity contribution in [2.24, 2.45) is 0 Å². The second-order valence-electron chi connectivity index (χ2n) is 5.42. The van der Waals surface area contributed by atoms with Crippen LogP contribution in [-0.4, -0.2) is 39.5 Å². The third kappa shape index (κ3) is 2.76. The van der Waals surface area contributed by atoms with Gasteiger partial charge in [0, 0.05) is 29.2 Å². The van der Waals surface area contributed by atoms with Crippen molar-refractivity contribution in [2.45, 2.75) is 25.3 Å². The number of nitrogens with zero attached hydrogens (tertiary/aromatic N) is 2. The van der Waals surface area contributed by atoms with Crippen LogP contribution in [0.3, 0.4) is 0 Å². The van der Waals surface area contributed by atoms with Crippen molar-refractivity contribution in [3.8, 4) is 0 Å². The number of halogens is 1. The maximum Gasteiger partial charge on any atom is 0.305 e. The first-order valence-corrected chi connectivity index (χ1v) is 7.51. The SMILES string of the molecule is O=C(O)CC1CCCN1C(=O)c1cc(Cl)cc2cccnc12. The normalized spacial score (nSPS) is 17.9. The lowest BCUT2D eigenvalue weighted by molar-refractivity contribution is -0.137. The van der Waals surface area contributed by atoms with Gasteiger partial charge in [-0.25, -0.2) is 0 Å². The summed E-state index contributed by atoms with van der Waals surface area (Å²) in [5.41, 5.74) is 1.03. The number of aliphatic carboxylic acids is 1. The van der Waals surface area contributed by atoms with Crippen LogP contribution in [0.2, 0.25) is 5.02 Å². The number of carbonyl (C=O) groups is 2. The molecule has 1 amide bonds. The van der Waals surface area contributed by atoms with Crippen LogP contribution in [0.1, 0.15) is 29.6 Å². The van der Waals surface area contributed by atoms with Gasteiger partial charge in [0.05, 0.1) is 17.5 Å². The molecule has 1 saturated heterocycles. The Balaban J connectivity index is 2.00. The average Bonchev–Trinajstić information content (AvgIpc) is 2.92. The summed E-state index contributed by atoms with van der Waals surface area (Å²) in [6.45, 7) is 0.567. The van der Waals surface area contributed by atoms with Gasteiger partial charge in [-0.1, -0.05) is 17.7 Å². The molecule has 22 heavy (non-hydrogen) atoms. The number of fused-ring (bicyclic) bond motifs is 1. The first-order chi connectivity index (χ1) is 10.6. The van der Waals surface area contributed by atoms with E-state index in [2.05, 4.69) is 4.98 Å². The summed E-state index contributed by atoms with van der Waals surface area (Å²) in [7, 11) is 0. The molecule has 114 valence electrons. The second kappa shape index (κ2) is 5.93. The summed E-state index contributed by atoms with van der Waals surface area (Å²) in [6.07, 6.45) is 3.13. The molecular weight excluding hydrogens is 304 g/mol. The smallest absolute Gasteiger partial charge is 0.305 e. The molecule has 1 aromatic carbocycles. The molecular formula is C16H15ClN2O3. The predicted molar refractivity (Wildman–Crippen MR) is 83.1 cm³/mol. The van der Waals surface area contributed by atoms with Gasteiger partial charge in [-0.2, -0.15) is 0 Å². The number of benzene rings is 1. The lowest BCUT2D eigenvalue weighted by Crippen LogP contribution is -2.37. The summed E-state index contributed by atoms with van der Waals surface area (Å²) in [5, 5.41) is 10.3. The zero-order valence-electron chi connectivity index (χ0n) is 11.8. The Labute approximate surface area is 132 Å². The zero-order chi connectivity index (χ0) is 15.7. The summed E-state index contributed by atoms with van der Waals surface area (Å²) >= 11 is 6.10. The van der Waals surface area contributed by atoms with E-state index in [9.17, 15) is 9.59 Å². The van der Waals surface area contributed by atoms with Crippen molar-refractivity contribution in [2.75, 3.05) is 6.54 Å². The molecule has 1 aliphatic rings. The topological polar surface area (TPSA) is 70.5 Å². The number of carboxylic acids is 1. The largest absolute Gasteiger partial charge is 0.481 e. The fourth-order valence-corrected chi connectivity index (χ4v) is 3.22. The van der Waals surface area contributed by atoms with Crippen molar-refractivity contribution in [3.05, 3.63) is 41.0 Å². The van der Waals surface area contributed by atoms with Gasteiger partial charge in [-0.3, -0.25) is 14.6 Å². The molecule has 6 heteroatoms. The Morgan fingerprint density at radius 1 is 1.41 bits per heavy atom. The summed E-state index contributed by atoms with van der Waals surface area (Å²) in [4.78, 5) is 29.7. The lowest BCUT2D eigenvalue weighted by Gasteiger charge is -2.24. The zero-order valence-corrected chi connectivity index (χ0v) is 12.6. The standard InChI is InChI=1S/C16H15ClN2O3/c17-11-7-10-3-1-5-18-15(10)13(8-11)16(22)19-6-2-4-12(19)9-14(20)21/h1,3,5,7-8,12H,2,4,6,9H2,(H,20,21). The Morgan fingerprint density at radius 2 is 2.23 bits per heavy atom. The highest BCUT2D eigenvalue weighted by Crippen LogP contribution is 2.27. The molecule has 0 saturated carbocycles. The van der Waals surface area contributed by atoms with Gasteiger partial charge >= 0.3 is 5.97 Å². The summed E-state index contributed by atoms with van der Waals surface area (Å²) < 4.78 is 0. The van der Waals surface area contributed by atoms with Gasteiger partial charge in [0.15, 0.2) is 0 Å². The molecule has 1 aliphatic heterocycles. The van der Waals surface area contributed by atoms with Crippen molar-refractivity contribution in [3.63, 3.8) is 0 Å². The Morgan fingerprint density at radius 3 is 3.00 bits per heavy atom. The minimum Gasteiger partial charge on any atom is -0.481 e. The predicted octanol–water partition coefficient (Wildman–Crippen LogP) is 2.97. The highest BCUT2D eigenvalue weighted by molar-refractivity contribution is 6.32. The second-order valence-corrected chi connectivity index (χ2v) is 5.86. The van der Waals surface area contributed by atoms with Crippen LogP contribution in [-0.2, 0) is 4.79 Å². The van der Waals surface area contributed by atoms with Gasteiger partial charge in [0.1, 0.15) is 0 Å². The van der Waals surface area contributed by atoms with E-state index < -0.39 is 5.97 Å². The minimum absolute atomic E-state index is 0.0301. The molecule has 0 spiro atoms. The molecule has 1 fully saturated rings. The molecule has 0 radical (unpaired) electrons. The molecule has 1 aromatic heterocycles. The number of amides is 1. The van der Waals surface area contributed by atoms with Gasteiger partial charge in [-0.05, 0) is 31.0 Å². The van der Waals surface area contributed by atoms with E-state index in [4.69, 9.17) is 16.7 Å². The molecule has 1 N–H and O–H groups in total. The summed E-state index contributed by atoms with van der Waals surface area (Å²) in [6, 6.07) is 6.75. The van der Waals surface area contributed by atoms with Crippen LogP contribution in [0.15, 0.2) is 30.5 Å². The third-order valence-corrected chi connectivity index (χ3v) is 4.17. The van der Waals surface area contributed by atoms with Crippen LogP contribution in [0.5, 0.6) is 0 Å². The van der Waals surface area contributed by atoms with E-state index in [1.807, 2.05) is 6.07 Å². The van der Waals surface area contributed by atoms with Crippen LogP contribution < -0.4 is 0 Å². The van der Waals surface area contributed by atoms with Gasteiger partial charge < -0.3 is 10.0 Å². The first-order valence-electron chi connectivity index (χ1n) is 7.13. The number of carbonyl (C=O) groups excluding carboxylic acids is 1. The Kier molecular flexibility index (Phi) is 3.98. The molecule has 1 atom stereocenters. The summed E-state index contributed by atoms with van der Waals surface area (Å²) in [5.74, 6) is -1.09. The van der Waals surface area contributed by atoms with Crippen LogP contribution in [0.25, 0.3) is 10.9 Å². The monoisotopic (exact) mass is 318 g/mol. The third-order valence-electron chi connectivity index (χ3n) is 3.95. The van der Waals surface area contributed by atoms with E-state index in [0.29, 0.717) is 29.1 Å². The van der Waals surface area contributed by atoms with E-state index >= 15 is 0 Å². The van der Waals surface area contributed by atoms with Crippen molar-refractivity contribution < 1.29 is 14.7 Å². The van der Waals surface area contributed by atoms with Crippen molar-refractivity contribution in [1.82, 2.24) is 9.88 Å². The molecule has 0 aliphatic carbocycles. The fourth-order valence-electron chi connectivity index (χ4n) is 2.99. The maximum atomic E-state index is 12.8.